The molecule has 0 spiro atoms. The summed E-state index contributed by atoms with van der Waals surface area (Å²) in [7, 11) is 0. The van der Waals surface area contributed by atoms with Gasteiger partial charge in [0, 0.05) is 0 Å². The molecule has 2 N–H and O–H groups in total. The minimum Gasteiger partial charge on any atom is -0.460 e. The van der Waals surface area contributed by atoms with E-state index in [1.54, 1.807) is 19.1 Å². The summed E-state index contributed by atoms with van der Waals surface area (Å²) >= 11 is 0. The second-order valence-electron chi connectivity index (χ2n) is 5.30. The second kappa shape index (κ2) is 7.45. The molecule has 0 aliphatic heterocycles. The highest BCUT2D eigenvalue weighted by Crippen LogP contribution is 2.23. The molecule has 0 aromatic carbocycles. The van der Waals surface area contributed by atoms with Gasteiger partial charge in [-0.25, -0.2) is 4.79 Å². The van der Waals surface area contributed by atoms with Gasteiger partial charge < -0.3 is 19.6 Å². The molecule has 1 heterocycles. The number of hydrogen-bond acceptors (Lipinski definition) is 5. The summed E-state index contributed by atoms with van der Waals surface area (Å²) in [4.78, 5) is 11.5. The van der Waals surface area contributed by atoms with E-state index in [2.05, 4.69) is 5.32 Å². The van der Waals surface area contributed by atoms with Crippen LogP contribution in [0.3, 0.4) is 0 Å². The third kappa shape index (κ3) is 4.35. The van der Waals surface area contributed by atoms with Crippen LogP contribution in [0.4, 0.5) is 0 Å². The summed E-state index contributed by atoms with van der Waals surface area (Å²) in [5.41, 5.74) is 0. The largest absolute Gasteiger partial charge is 0.460 e. The predicted octanol–water partition coefficient (Wildman–Crippen LogP) is 2.10. The van der Waals surface area contributed by atoms with Crippen molar-refractivity contribution in [2.24, 2.45) is 5.92 Å². The Hall–Kier alpha value is -1.33. The molecule has 1 aromatic heterocycles. The van der Waals surface area contributed by atoms with Crippen LogP contribution in [0.2, 0.25) is 0 Å². The standard InChI is InChI=1S/C15H23NO4/c1-2-19-15(18)14-7-6-13(20-14)10-16-9-11-4-3-5-12(17)8-11/h6-7,11-12,16-17H,2-5,8-10H2,1H3. The lowest BCUT2D eigenvalue weighted by atomic mass is 9.87. The fourth-order valence-corrected chi connectivity index (χ4v) is 2.63. The lowest BCUT2D eigenvalue weighted by molar-refractivity contribution is 0.0487. The van der Waals surface area contributed by atoms with Crippen molar-refractivity contribution in [3.8, 4) is 0 Å². The Morgan fingerprint density at radius 3 is 3.10 bits per heavy atom. The minimum atomic E-state index is -0.422. The maximum Gasteiger partial charge on any atom is 0.374 e. The first kappa shape index (κ1) is 15.1. The Balaban J connectivity index is 1.72. The summed E-state index contributed by atoms with van der Waals surface area (Å²) < 4.78 is 10.3. The smallest absolute Gasteiger partial charge is 0.374 e. The van der Waals surface area contributed by atoms with Gasteiger partial charge in [0.2, 0.25) is 5.76 Å². The van der Waals surface area contributed by atoms with E-state index in [1.807, 2.05) is 0 Å². The number of carbonyl (C=O) groups is 1. The van der Waals surface area contributed by atoms with Gasteiger partial charge in [0.15, 0.2) is 0 Å². The number of carbonyl (C=O) groups excluding carboxylic acids is 1. The van der Waals surface area contributed by atoms with Crippen molar-refractivity contribution in [2.45, 2.75) is 45.3 Å². The van der Waals surface area contributed by atoms with Crippen LogP contribution in [0.1, 0.15) is 48.9 Å². The van der Waals surface area contributed by atoms with Crippen molar-refractivity contribution in [3.05, 3.63) is 23.7 Å². The normalized spacial score (nSPS) is 22.7. The zero-order valence-corrected chi connectivity index (χ0v) is 11.9. The summed E-state index contributed by atoms with van der Waals surface area (Å²) in [6.07, 6.45) is 3.92. The van der Waals surface area contributed by atoms with Crippen LogP contribution >= 0.6 is 0 Å². The summed E-state index contributed by atoms with van der Waals surface area (Å²) in [5, 5.41) is 12.9. The van der Waals surface area contributed by atoms with Crippen LogP contribution in [0, 0.1) is 5.92 Å². The third-order valence-electron chi connectivity index (χ3n) is 3.63. The SMILES string of the molecule is CCOC(=O)c1ccc(CNCC2CCCC(O)C2)o1. The summed E-state index contributed by atoms with van der Waals surface area (Å²) in [6, 6.07) is 3.42. The van der Waals surface area contributed by atoms with E-state index >= 15 is 0 Å². The highest BCUT2D eigenvalue weighted by molar-refractivity contribution is 5.86. The highest BCUT2D eigenvalue weighted by atomic mass is 16.5. The number of aliphatic hydroxyl groups is 1. The molecule has 2 atom stereocenters. The molecule has 5 nitrogen and oxygen atoms in total. The maximum atomic E-state index is 11.5. The van der Waals surface area contributed by atoms with Gasteiger partial charge in [0.05, 0.1) is 19.3 Å². The summed E-state index contributed by atoms with van der Waals surface area (Å²) in [6.45, 7) is 3.57. The van der Waals surface area contributed by atoms with Crippen molar-refractivity contribution in [1.29, 1.82) is 0 Å². The molecule has 1 aromatic rings. The van der Waals surface area contributed by atoms with Crippen molar-refractivity contribution >= 4 is 5.97 Å². The van der Waals surface area contributed by atoms with Gasteiger partial charge in [-0.15, -0.1) is 0 Å². The zero-order chi connectivity index (χ0) is 14.4. The number of esters is 1. The molecule has 112 valence electrons. The van der Waals surface area contributed by atoms with Crippen molar-refractivity contribution in [3.63, 3.8) is 0 Å². The molecule has 20 heavy (non-hydrogen) atoms. The van der Waals surface area contributed by atoms with Crippen molar-refractivity contribution in [1.82, 2.24) is 5.32 Å². The van der Waals surface area contributed by atoms with Gasteiger partial charge in [-0.3, -0.25) is 0 Å². The molecule has 0 saturated heterocycles. The van der Waals surface area contributed by atoms with Crippen LogP contribution < -0.4 is 5.32 Å². The second-order valence-corrected chi connectivity index (χ2v) is 5.30. The number of nitrogens with one attached hydrogen (secondary N) is 1. The first-order chi connectivity index (χ1) is 9.69. The van der Waals surface area contributed by atoms with E-state index in [1.165, 1.54) is 0 Å². The number of ether oxygens (including phenoxy) is 1. The van der Waals surface area contributed by atoms with Gasteiger partial charge in [-0.2, -0.15) is 0 Å². The zero-order valence-electron chi connectivity index (χ0n) is 11.9. The van der Waals surface area contributed by atoms with Crippen molar-refractivity contribution in [2.75, 3.05) is 13.2 Å². The highest BCUT2D eigenvalue weighted by Gasteiger charge is 2.19. The lowest BCUT2D eigenvalue weighted by Crippen LogP contribution is -2.28. The maximum absolute atomic E-state index is 11.5. The van der Waals surface area contributed by atoms with Gasteiger partial charge in [-0.05, 0) is 50.8 Å². The van der Waals surface area contributed by atoms with Gasteiger partial charge in [0.25, 0.3) is 0 Å². The molecule has 1 saturated carbocycles. The Morgan fingerprint density at radius 2 is 2.35 bits per heavy atom. The number of aliphatic hydroxyl groups excluding tert-OH is 1. The van der Waals surface area contributed by atoms with E-state index in [0.29, 0.717) is 19.1 Å². The van der Waals surface area contributed by atoms with Crippen LogP contribution in [-0.2, 0) is 11.3 Å². The molecule has 2 rings (SSSR count). The molecule has 0 amide bonds. The number of hydrogen-bond donors (Lipinski definition) is 2. The third-order valence-corrected chi connectivity index (χ3v) is 3.63. The van der Waals surface area contributed by atoms with Gasteiger partial charge in [0.1, 0.15) is 5.76 Å². The number of rotatable bonds is 6. The predicted molar refractivity (Wildman–Crippen MR) is 74.3 cm³/mol. The molecule has 1 aliphatic rings. The Labute approximate surface area is 119 Å². The van der Waals surface area contributed by atoms with E-state index in [0.717, 1.165) is 38.0 Å². The van der Waals surface area contributed by atoms with E-state index in [-0.39, 0.29) is 11.9 Å². The first-order valence-electron chi connectivity index (χ1n) is 7.33. The molecule has 1 fully saturated rings. The molecule has 1 aliphatic carbocycles. The molecule has 0 radical (unpaired) electrons. The molecule has 5 heteroatoms. The molecular weight excluding hydrogens is 258 g/mol. The Kier molecular flexibility index (Phi) is 5.61. The average Bonchev–Trinajstić information content (AvgIpc) is 2.88. The monoisotopic (exact) mass is 281 g/mol. The van der Waals surface area contributed by atoms with E-state index in [4.69, 9.17) is 9.15 Å². The lowest BCUT2D eigenvalue weighted by Gasteiger charge is -2.25. The van der Waals surface area contributed by atoms with Gasteiger partial charge in [-0.1, -0.05) is 6.42 Å². The van der Waals surface area contributed by atoms with E-state index in [9.17, 15) is 9.90 Å². The number of furan rings is 1. The van der Waals surface area contributed by atoms with E-state index < -0.39 is 5.97 Å². The molecule has 0 bridgehead atoms. The Morgan fingerprint density at radius 1 is 1.50 bits per heavy atom. The fraction of sp³-hybridized carbons (Fsp3) is 0.667. The van der Waals surface area contributed by atoms with Crippen LogP contribution in [0.5, 0.6) is 0 Å². The van der Waals surface area contributed by atoms with Crippen LogP contribution in [0.25, 0.3) is 0 Å². The minimum absolute atomic E-state index is 0.144. The fourth-order valence-electron chi connectivity index (χ4n) is 2.63. The quantitative estimate of drug-likeness (QED) is 0.781. The van der Waals surface area contributed by atoms with Crippen LogP contribution in [-0.4, -0.2) is 30.3 Å². The van der Waals surface area contributed by atoms with Crippen LogP contribution in [0.15, 0.2) is 16.5 Å². The first-order valence-corrected chi connectivity index (χ1v) is 7.33. The Bertz CT molecular complexity index is 429. The van der Waals surface area contributed by atoms with Crippen molar-refractivity contribution < 1.29 is 19.1 Å². The topological polar surface area (TPSA) is 71.7 Å². The summed E-state index contributed by atoms with van der Waals surface area (Å²) in [5.74, 6) is 1.08. The molecule has 2 unspecified atom stereocenters. The van der Waals surface area contributed by atoms with Gasteiger partial charge >= 0.3 is 5.97 Å². The molecular formula is C15H23NO4. The average molecular weight is 281 g/mol.